The van der Waals surface area contributed by atoms with Crippen LogP contribution in [0.5, 0.6) is 0 Å². The molecule has 0 aliphatic carbocycles. The van der Waals surface area contributed by atoms with E-state index < -0.39 is 66.1 Å². The van der Waals surface area contributed by atoms with Crippen LogP contribution in [0, 0.1) is 17.5 Å². The standard InChI is InChI=1S/C28H24BrF3N4O6/c29-15-5-4-13-2-1-3-16(17(13)10-15)27(40)33-22-6-7-41-28(22)26(39)24(25(38)21(12-37)42-28)36-11-20(34-35-36)14-8-18(30)23(32)19(31)9-14/h1-5,8-11,21-22,24-26,37-39H,6-7,12H2,(H,33,40)/t21-,22-,24+,25+,26-,28+/m1/s1. The summed E-state index contributed by atoms with van der Waals surface area (Å²) in [5.41, 5.74) is 0.162. The molecule has 14 heteroatoms. The van der Waals surface area contributed by atoms with E-state index in [2.05, 4.69) is 31.6 Å². The number of nitrogens with one attached hydrogen (secondary N) is 1. The summed E-state index contributed by atoms with van der Waals surface area (Å²) >= 11 is 3.43. The van der Waals surface area contributed by atoms with Gasteiger partial charge in [-0.2, -0.15) is 0 Å². The number of aromatic nitrogens is 3. The Labute approximate surface area is 244 Å². The molecule has 4 aromatic rings. The monoisotopic (exact) mass is 648 g/mol. The van der Waals surface area contributed by atoms with Crippen molar-refractivity contribution in [3.05, 3.63) is 82.2 Å². The van der Waals surface area contributed by atoms with Gasteiger partial charge in [0.25, 0.3) is 5.91 Å². The number of nitrogens with zero attached hydrogens (tertiary/aromatic N) is 3. The number of benzene rings is 3. The molecule has 42 heavy (non-hydrogen) atoms. The van der Waals surface area contributed by atoms with Gasteiger partial charge in [0, 0.05) is 15.6 Å². The number of hydrogen-bond acceptors (Lipinski definition) is 8. The molecule has 0 saturated carbocycles. The van der Waals surface area contributed by atoms with Gasteiger partial charge < -0.3 is 30.1 Å². The van der Waals surface area contributed by atoms with Crippen molar-refractivity contribution in [2.24, 2.45) is 0 Å². The average molecular weight is 649 g/mol. The molecule has 1 aromatic heterocycles. The zero-order valence-electron chi connectivity index (χ0n) is 21.6. The molecule has 2 aliphatic heterocycles. The summed E-state index contributed by atoms with van der Waals surface area (Å²) in [5, 5.41) is 44.9. The van der Waals surface area contributed by atoms with E-state index in [1.165, 1.54) is 6.20 Å². The number of carbonyl (C=O) groups excluding carboxylic acids is 1. The minimum absolute atomic E-state index is 0.0702. The Kier molecular flexibility index (Phi) is 7.53. The molecule has 0 bridgehead atoms. The summed E-state index contributed by atoms with van der Waals surface area (Å²) in [4.78, 5) is 13.5. The molecule has 0 radical (unpaired) electrons. The van der Waals surface area contributed by atoms with Crippen LogP contribution < -0.4 is 5.32 Å². The zero-order chi connectivity index (χ0) is 29.8. The normalized spacial score (nSPS) is 27.5. The molecule has 6 rings (SSSR count). The molecule has 2 fully saturated rings. The Bertz CT molecular complexity index is 1650. The molecule has 6 atom stereocenters. The minimum atomic E-state index is -1.90. The average Bonchev–Trinajstić information content (AvgIpc) is 3.61. The van der Waals surface area contributed by atoms with Gasteiger partial charge in [0.2, 0.25) is 5.79 Å². The fraction of sp³-hybridized carbons (Fsp3) is 0.321. The highest BCUT2D eigenvalue weighted by Crippen LogP contribution is 2.43. The first-order chi connectivity index (χ1) is 20.1. The zero-order valence-corrected chi connectivity index (χ0v) is 23.2. The third-order valence-corrected chi connectivity index (χ3v) is 8.18. The molecule has 0 unspecified atom stereocenters. The molecule has 220 valence electrons. The molecule has 3 aromatic carbocycles. The van der Waals surface area contributed by atoms with Crippen LogP contribution >= 0.6 is 15.9 Å². The van der Waals surface area contributed by atoms with Crippen LogP contribution in [0.2, 0.25) is 0 Å². The second-order valence-electron chi connectivity index (χ2n) is 10.2. The summed E-state index contributed by atoms with van der Waals surface area (Å²) in [6.45, 7) is -0.607. The van der Waals surface area contributed by atoms with E-state index in [0.29, 0.717) is 10.9 Å². The van der Waals surface area contributed by atoms with Crippen LogP contribution in [-0.4, -0.2) is 79.6 Å². The molecule has 1 spiro atoms. The van der Waals surface area contributed by atoms with Crippen molar-refractivity contribution >= 4 is 32.6 Å². The smallest absolute Gasteiger partial charge is 0.252 e. The topological polar surface area (TPSA) is 139 Å². The van der Waals surface area contributed by atoms with Crippen LogP contribution in [-0.2, 0) is 9.47 Å². The van der Waals surface area contributed by atoms with Crippen molar-refractivity contribution in [1.82, 2.24) is 20.3 Å². The predicted molar refractivity (Wildman–Crippen MR) is 145 cm³/mol. The van der Waals surface area contributed by atoms with Crippen LogP contribution in [0.1, 0.15) is 22.8 Å². The second-order valence-corrected chi connectivity index (χ2v) is 11.1. The van der Waals surface area contributed by atoms with E-state index in [1.807, 2.05) is 24.3 Å². The van der Waals surface area contributed by atoms with Crippen molar-refractivity contribution in [1.29, 1.82) is 0 Å². The lowest BCUT2D eigenvalue weighted by atomic mass is 9.86. The molecule has 2 aliphatic rings. The lowest BCUT2D eigenvalue weighted by Gasteiger charge is -2.49. The van der Waals surface area contributed by atoms with Crippen LogP contribution in [0.3, 0.4) is 0 Å². The maximum absolute atomic E-state index is 13.8. The fourth-order valence-electron chi connectivity index (χ4n) is 5.62. The number of amides is 1. The Morgan fingerprint density at radius 3 is 2.64 bits per heavy atom. The quantitative estimate of drug-likeness (QED) is 0.242. The molecular formula is C28H24BrF3N4O6. The van der Waals surface area contributed by atoms with Crippen LogP contribution in [0.25, 0.3) is 22.0 Å². The van der Waals surface area contributed by atoms with E-state index in [9.17, 15) is 33.3 Å². The minimum Gasteiger partial charge on any atom is -0.394 e. The van der Waals surface area contributed by atoms with Gasteiger partial charge >= 0.3 is 0 Å². The number of aliphatic hydroxyl groups is 3. The second kappa shape index (κ2) is 11.0. The Balaban J connectivity index is 1.33. The molecule has 2 saturated heterocycles. The first kappa shape index (κ1) is 28.7. The van der Waals surface area contributed by atoms with Crippen molar-refractivity contribution in [3.63, 3.8) is 0 Å². The van der Waals surface area contributed by atoms with E-state index in [-0.39, 0.29) is 24.3 Å². The number of carbonyl (C=O) groups is 1. The number of fused-ring (bicyclic) bond motifs is 1. The molecule has 1 amide bonds. The summed E-state index contributed by atoms with van der Waals surface area (Å²) < 4.78 is 54.8. The third-order valence-electron chi connectivity index (χ3n) is 7.69. The van der Waals surface area contributed by atoms with Gasteiger partial charge in [-0.15, -0.1) is 5.10 Å². The van der Waals surface area contributed by atoms with Gasteiger partial charge in [-0.25, -0.2) is 17.9 Å². The van der Waals surface area contributed by atoms with Gasteiger partial charge in [0.15, 0.2) is 17.5 Å². The Morgan fingerprint density at radius 2 is 1.90 bits per heavy atom. The maximum atomic E-state index is 13.8. The number of ether oxygens (including phenoxy) is 2. The number of aliphatic hydroxyl groups excluding tert-OH is 3. The first-order valence-electron chi connectivity index (χ1n) is 13.0. The molecular weight excluding hydrogens is 625 g/mol. The Hall–Kier alpha value is -3.40. The highest BCUT2D eigenvalue weighted by atomic mass is 79.9. The summed E-state index contributed by atoms with van der Waals surface area (Å²) in [6, 6.07) is 10.0. The van der Waals surface area contributed by atoms with Crippen molar-refractivity contribution in [3.8, 4) is 11.3 Å². The van der Waals surface area contributed by atoms with Gasteiger partial charge in [0.1, 0.15) is 30.0 Å². The van der Waals surface area contributed by atoms with Gasteiger partial charge in [-0.1, -0.05) is 39.3 Å². The predicted octanol–water partition coefficient (Wildman–Crippen LogP) is 2.85. The SMILES string of the molecule is O=C(N[C@@H]1CCO[C@]12O[C@H](CO)[C@H](O)[C@H](n1cc(-c3cc(F)c(F)c(F)c3)nn1)[C@H]2O)c1cccc2ccc(Br)cc12. The number of halogens is 4. The van der Waals surface area contributed by atoms with E-state index in [4.69, 9.17) is 9.47 Å². The van der Waals surface area contributed by atoms with Crippen molar-refractivity contribution in [2.75, 3.05) is 13.2 Å². The summed E-state index contributed by atoms with van der Waals surface area (Å²) in [6.07, 6.45) is -3.05. The van der Waals surface area contributed by atoms with Crippen molar-refractivity contribution in [2.45, 2.75) is 42.6 Å². The van der Waals surface area contributed by atoms with E-state index >= 15 is 0 Å². The summed E-state index contributed by atoms with van der Waals surface area (Å²) in [7, 11) is 0. The largest absolute Gasteiger partial charge is 0.394 e. The highest BCUT2D eigenvalue weighted by Gasteiger charge is 2.62. The van der Waals surface area contributed by atoms with Gasteiger partial charge in [0.05, 0.1) is 25.5 Å². The lowest BCUT2D eigenvalue weighted by Crippen LogP contribution is -2.69. The summed E-state index contributed by atoms with van der Waals surface area (Å²) in [5.74, 6) is -6.87. The maximum Gasteiger partial charge on any atom is 0.252 e. The van der Waals surface area contributed by atoms with E-state index in [1.54, 1.807) is 12.1 Å². The third kappa shape index (κ3) is 4.77. The van der Waals surface area contributed by atoms with E-state index in [0.717, 1.165) is 26.7 Å². The molecule has 3 heterocycles. The molecule has 10 nitrogen and oxygen atoms in total. The number of rotatable bonds is 5. The highest BCUT2D eigenvalue weighted by molar-refractivity contribution is 9.10. The molecule has 4 N–H and O–H groups in total. The Morgan fingerprint density at radius 1 is 1.14 bits per heavy atom. The van der Waals surface area contributed by atoms with Crippen molar-refractivity contribution < 1.29 is 42.8 Å². The lowest BCUT2D eigenvalue weighted by molar-refractivity contribution is -0.344. The van der Waals surface area contributed by atoms with Gasteiger partial charge in [-0.3, -0.25) is 4.79 Å². The fourth-order valence-corrected chi connectivity index (χ4v) is 5.98. The van der Waals surface area contributed by atoms with Crippen LogP contribution in [0.4, 0.5) is 13.2 Å². The first-order valence-corrected chi connectivity index (χ1v) is 13.8. The number of hydrogen-bond donors (Lipinski definition) is 4. The van der Waals surface area contributed by atoms with Gasteiger partial charge in [-0.05, 0) is 47.5 Å². The van der Waals surface area contributed by atoms with Crippen LogP contribution in [0.15, 0.2) is 59.2 Å².